The van der Waals surface area contributed by atoms with E-state index in [-0.39, 0.29) is 15.7 Å². The Morgan fingerprint density at radius 1 is 1.57 bits per heavy atom. The van der Waals surface area contributed by atoms with E-state index in [0.29, 0.717) is 0 Å². The van der Waals surface area contributed by atoms with Crippen LogP contribution in [0.3, 0.4) is 0 Å². The van der Waals surface area contributed by atoms with E-state index in [4.69, 9.17) is 5.26 Å². The molecule has 2 nitrogen and oxygen atoms in total. The van der Waals surface area contributed by atoms with Gasteiger partial charge in [-0.3, -0.25) is 0 Å². The third-order valence-electron chi connectivity index (χ3n) is 1.52. The van der Waals surface area contributed by atoms with Crippen LogP contribution in [-0.4, -0.2) is 4.98 Å². The number of halogens is 4. The Kier molecular flexibility index (Phi) is 3.69. The zero-order valence-electron chi connectivity index (χ0n) is 6.77. The van der Waals surface area contributed by atoms with Crippen LogP contribution in [0.5, 0.6) is 0 Å². The Bertz CT molecular complexity index is 387. The van der Waals surface area contributed by atoms with E-state index in [1.165, 1.54) is 22.6 Å². The summed E-state index contributed by atoms with van der Waals surface area (Å²) < 4.78 is 37.5. The lowest BCUT2D eigenvalue weighted by Gasteiger charge is -2.05. The van der Waals surface area contributed by atoms with Gasteiger partial charge in [0.25, 0.3) is 6.43 Å². The number of nitriles is 1. The van der Waals surface area contributed by atoms with Crippen molar-refractivity contribution in [3.05, 3.63) is 26.8 Å². The summed E-state index contributed by atoms with van der Waals surface area (Å²) in [6.07, 6.45) is -3.05. The minimum absolute atomic E-state index is 0.0552. The molecule has 74 valence electrons. The quantitative estimate of drug-likeness (QED) is 0.622. The molecule has 0 aliphatic heterocycles. The second kappa shape index (κ2) is 4.59. The van der Waals surface area contributed by atoms with Crippen molar-refractivity contribution < 1.29 is 13.2 Å². The molecule has 1 aromatic rings. The molecule has 0 N–H and O–H groups in total. The van der Waals surface area contributed by atoms with E-state index in [1.54, 1.807) is 6.07 Å². The van der Waals surface area contributed by atoms with Gasteiger partial charge in [-0.2, -0.15) is 5.26 Å². The summed E-state index contributed by atoms with van der Waals surface area (Å²) in [7, 11) is 0. The molecule has 14 heavy (non-hydrogen) atoms. The van der Waals surface area contributed by atoms with E-state index in [2.05, 4.69) is 4.98 Å². The van der Waals surface area contributed by atoms with Crippen molar-refractivity contribution in [2.24, 2.45) is 0 Å². The molecule has 0 unspecified atom stereocenters. The van der Waals surface area contributed by atoms with Crippen LogP contribution < -0.4 is 0 Å². The van der Waals surface area contributed by atoms with Crippen LogP contribution in [-0.2, 0) is 6.42 Å². The van der Waals surface area contributed by atoms with Crippen LogP contribution in [0.2, 0.25) is 0 Å². The third-order valence-corrected chi connectivity index (χ3v) is 2.28. The maximum Gasteiger partial charge on any atom is 0.280 e. The average molecular weight is 312 g/mol. The van der Waals surface area contributed by atoms with Gasteiger partial charge in [0.15, 0.2) is 5.82 Å². The van der Waals surface area contributed by atoms with Crippen molar-refractivity contribution in [3.8, 4) is 6.07 Å². The van der Waals surface area contributed by atoms with Crippen LogP contribution >= 0.6 is 22.6 Å². The summed E-state index contributed by atoms with van der Waals surface area (Å²) in [5, 5.41) is 8.34. The van der Waals surface area contributed by atoms with Crippen LogP contribution in [0.1, 0.15) is 17.7 Å². The normalized spacial score (nSPS) is 10.3. The van der Waals surface area contributed by atoms with E-state index in [0.717, 1.165) is 6.07 Å². The van der Waals surface area contributed by atoms with Gasteiger partial charge in [0.1, 0.15) is 9.39 Å². The SMILES string of the molecule is N#CCc1cc(F)c(I)nc1C(F)F. The first kappa shape index (κ1) is 11.2. The lowest BCUT2D eigenvalue weighted by molar-refractivity contribution is 0.144. The fourth-order valence-corrected chi connectivity index (χ4v) is 1.35. The van der Waals surface area contributed by atoms with Crippen LogP contribution in [0, 0.1) is 20.8 Å². The molecule has 0 amide bonds. The fraction of sp³-hybridized carbons (Fsp3) is 0.250. The third kappa shape index (κ3) is 2.35. The fourth-order valence-electron chi connectivity index (χ4n) is 0.933. The summed E-state index contributed by atoms with van der Waals surface area (Å²) in [6, 6.07) is 2.61. The zero-order chi connectivity index (χ0) is 10.7. The molecule has 0 bridgehead atoms. The Hall–Kier alpha value is -0.840. The number of rotatable bonds is 2. The Labute approximate surface area is 91.9 Å². The average Bonchev–Trinajstić information content (AvgIpc) is 2.11. The molecule has 0 saturated carbocycles. The molecule has 0 atom stereocenters. The Balaban J connectivity index is 3.25. The maximum absolute atomic E-state index is 12.9. The van der Waals surface area contributed by atoms with E-state index in [1.807, 2.05) is 0 Å². The molecule has 0 saturated heterocycles. The largest absolute Gasteiger partial charge is 0.280 e. The molecular weight excluding hydrogens is 308 g/mol. The lowest BCUT2D eigenvalue weighted by Crippen LogP contribution is -2.02. The van der Waals surface area contributed by atoms with Crippen molar-refractivity contribution in [1.29, 1.82) is 5.26 Å². The van der Waals surface area contributed by atoms with Crippen molar-refractivity contribution in [1.82, 2.24) is 4.98 Å². The Morgan fingerprint density at radius 3 is 2.71 bits per heavy atom. The van der Waals surface area contributed by atoms with Gasteiger partial charge in [0, 0.05) is 0 Å². The Morgan fingerprint density at radius 2 is 2.21 bits per heavy atom. The second-order valence-electron chi connectivity index (χ2n) is 2.44. The van der Waals surface area contributed by atoms with Gasteiger partial charge < -0.3 is 0 Å². The lowest BCUT2D eigenvalue weighted by atomic mass is 10.1. The minimum Gasteiger partial charge on any atom is -0.237 e. The summed E-state index contributed by atoms with van der Waals surface area (Å²) in [4.78, 5) is 3.40. The molecule has 1 aromatic heterocycles. The number of nitrogens with zero attached hydrogens (tertiary/aromatic N) is 2. The summed E-state index contributed by atoms with van der Waals surface area (Å²) in [5.41, 5.74) is -0.572. The van der Waals surface area contributed by atoms with Gasteiger partial charge >= 0.3 is 0 Å². The van der Waals surface area contributed by atoms with Gasteiger partial charge in [0.2, 0.25) is 0 Å². The highest BCUT2D eigenvalue weighted by atomic mass is 127. The second-order valence-corrected chi connectivity index (χ2v) is 3.46. The molecule has 0 aromatic carbocycles. The number of alkyl halides is 2. The molecule has 1 rings (SSSR count). The van der Waals surface area contributed by atoms with Crippen molar-refractivity contribution in [2.75, 3.05) is 0 Å². The molecule has 1 heterocycles. The smallest absolute Gasteiger partial charge is 0.237 e. The predicted molar refractivity (Wildman–Crippen MR) is 51.2 cm³/mol. The highest BCUT2D eigenvalue weighted by molar-refractivity contribution is 14.1. The molecule has 6 heteroatoms. The van der Waals surface area contributed by atoms with Gasteiger partial charge in [-0.05, 0) is 34.2 Å². The summed E-state index contributed by atoms with van der Waals surface area (Å²) >= 11 is 1.53. The highest BCUT2D eigenvalue weighted by Gasteiger charge is 2.17. The van der Waals surface area contributed by atoms with E-state index >= 15 is 0 Å². The van der Waals surface area contributed by atoms with Gasteiger partial charge in [-0.1, -0.05) is 0 Å². The summed E-state index contributed by atoms with van der Waals surface area (Å²) in [6.45, 7) is 0. The topological polar surface area (TPSA) is 36.7 Å². The van der Waals surface area contributed by atoms with Crippen molar-refractivity contribution in [2.45, 2.75) is 12.8 Å². The first-order valence-corrected chi connectivity index (χ1v) is 4.64. The van der Waals surface area contributed by atoms with E-state index in [9.17, 15) is 13.2 Å². The number of hydrogen-bond donors (Lipinski definition) is 0. The van der Waals surface area contributed by atoms with Crippen molar-refractivity contribution >= 4 is 22.6 Å². The number of aromatic nitrogens is 1. The summed E-state index contributed by atoms with van der Waals surface area (Å²) in [5.74, 6) is -0.680. The predicted octanol–water partition coefficient (Wildman–Crippen LogP) is 2.83. The van der Waals surface area contributed by atoms with Gasteiger partial charge in [-0.25, -0.2) is 18.2 Å². The number of pyridine rings is 1. The number of hydrogen-bond acceptors (Lipinski definition) is 2. The maximum atomic E-state index is 12.9. The molecule has 0 aliphatic carbocycles. The standard InChI is InChI=1S/C8H4F3IN2/c9-5-3-4(1-2-13)6(7(10)11)14-8(5)12/h3,7H,1H2. The monoisotopic (exact) mass is 312 g/mol. The van der Waals surface area contributed by atoms with Gasteiger partial charge in [-0.15, -0.1) is 0 Å². The first-order chi connectivity index (χ1) is 6.56. The molecule has 0 fully saturated rings. The highest BCUT2D eigenvalue weighted by Crippen LogP contribution is 2.23. The molecular formula is C8H4F3IN2. The van der Waals surface area contributed by atoms with Crippen LogP contribution in [0.15, 0.2) is 6.07 Å². The van der Waals surface area contributed by atoms with Gasteiger partial charge in [0.05, 0.1) is 12.5 Å². The molecule has 0 aliphatic rings. The first-order valence-electron chi connectivity index (χ1n) is 3.56. The van der Waals surface area contributed by atoms with E-state index < -0.39 is 17.9 Å². The van der Waals surface area contributed by atoms with Crippen molar-refractivity contribution in [3.63, 3.8) is 0 Å². The molecule has 0 spiro atoms. The molecule has 0 radical (unpaired) electrons. The minimum atomic E-state index is -2.78. The van der Waals surface area contributed by atoms with Crippen LogP contribution in [0.4, 0.5) is 13.2 Å². The van der Waals surface area contributed by atoms with Crippen LogP contribution in [0.25, 0.3) is 0 Å². The zero-order valence-corrected chi connectivity index (χ0v) is 8.93.